The van der Waals surface area contributed by atoms with E-state index < -0.39 is 5.60 Å². The van der Waals surface area contributed by atoms with Crippen molar-refractivity contribution in [3.63, 3.8) is 0 Å². The van der Waals surface area contributed by atoms with Gasteiger partial charge in [-0.25, -0.2) is 0 Å². The number of aliphatic hydroxyl groups excluding tert-OH is 1. The Kier molecular flexibility index (Phi) is 4.05. The van der Waals surface area contributed by atoms with E-state index in [2.05, 4.69) is 5.32 Å². The van der Waals surface area contributed by atoms with Crippen LogP contribution < -0.4 is 5.32 Å². The Balaban J connectivity index is 1.72. The summed E-state index contributed by atoms with van der Waals surface area (Å²) in [5.41, 5.74) is -0.603. The predicted octanol–water partition coefficient (Wildman–Crippen LogP) is 1.22. The fraction of sp³-hybridized carbons (Fsp3) is 0.923. The molecule has 0 aromatic carbocycles. The SMILES string of the molecule is CC1(C(=O)NCC2CCC(O)CC2)CCCO1. The van der Waals surface area contributed by atoms with E-state index in [0.29, 0.717) is 12.5 Å². The molecule has 1 aliphatic carbocycles. The highest BCUT2D eigenvalue weighted by atomic mass is 16.5. The second-order valence-electron chi connectivity index (χ2n) is 5.57. The summed E-state index contributed by atoms with van der Waals surface area (Å²) >= 11 is 0. The summed E-state index contributed by atoms with van der Waals surface area (Å²) in [4.78, 5) is 12.0. The van der Waals surface area contributed by atoms with Crippen molar-refractivity contribution in [3.05, 3.63) is 0 Å². The van der Waals surface area contributed by atoms with Crippen molar-refractivity contribution >= 4 is 5.91 Å². The zero-order valence-corrected chi connectivity index (χ0v) is 10.6. The van der Waals surface area contributed by atoms with Crippen LogP contribution in [0.3, 0.4) is 0 Å². The Labute approximate surface area is 103 Å². The summed E-state index contributed by atoms with van der Waals surface area (Å²) in [5.74, 6) is 0.550. The van der Waals surface area contributed by atoms with Crippen LogP contribution >= 0.6 is 0 Å². The lowest BCUT2D eigenvalue weighted by atomic mass is 9.87. The summed E-state index contributed by atoms with van der Waals surface area (Å²) in [6.07, 6.45) is 5.43. The van der Waals surface area contributed by atoms with Gasteiger partial charge in [0.05, 0.1) is 6.10 Å². The third-order valence-electron chi connectivity index (χ3n) is 4.07. The van der Waals surface area contributed by atoms with Crippen LogP contribution in [-0.4, -0.2) is 35.9 Å². The predicted molar refractivity (Wildman–Crippen MR) is 64.6 cm³/mol. The fourth-order valence-electron chi connectivity index (χ4n) is 2.73. The molecule has 2 rings (SSSR count). The van der Waals surface area contributed by atoms with Gasteiger partial charge in [0.2, 0.25) is 0 Å². The second kappa shape index (κ2) is 5.36. The number of carbonyl (C=O) groups excluding carboxylic acids is 1. The number of amides is 1. The Bertz CT molecular complexity index is 266. The minimum atomic E-state index is -0.603. The molecule has 1 amide bonds. The van der Waals surface area contributed by atoms with E-state index in [1.54, 1.807) is 0 Å². The highest BCUT2D eigenvalue weighted by molar-refractivity contribution is 5.84. The summed E-state index contributed by atoms with van der Waals surface area (Å²) in [5, 5.41) is 12.4. The number of nitrogens with one attached hydrogen (secondary N) is 1. The lowest BCUT2D eigenvalue weighted by molar-refractivity contribution is -0.139. The van der Waals surface area contributed by atoms with E-state index >= 15 is 0 Å². The van der Waals surface area contributed by atoms with Gasteiger partial charge in [-0.05, 0) is 51.4 Å². The highest BCUT2D eigenvalue weighted by Gasteiger charge is 2.37. The van der Waals surface area contributed by atoms with Crippen molar-refractivity contribution < 1.29 is 14.6 Å². The quantitative estimate of drug-likeness (QED) is 0.781. The molecule has 0 spiro atoms. The lowest BCUT2D eigenvalue weighted by Gasteiger charge is -2.27. The van der Waals surface area contributed by atoms with Crippen molar-refractivity contribution in [1.82, 2.24) is 5.32 Å². The van der Waals surface area contributed by atoms with Gasteiger partial charge in [-0.2, -0.15) is 0 Å². The number of hydrogen-bond acceptors (Lipinski definition) is 3. The number of hydrogen-bond donors (Lipinski definition) is 2. The molecule has 0 aromatic heterocycles. The maximum Gasteiger partial charge on any atom is 0.251 e. The first kappa shape index (κ1) is 12.8. The topological polar surface area (TPSA) is 58.6 Å². The molecule has 2 N–H and O–H groups in total. The first-order chi connectivity index (χ1) is 8.10. The van der Waals surface area contributed by atoms with E-state index in [0.717, 1.165) is 45.1 Å². The minimum Gasteiger partial charge on any atom is -0.393 e. The van der Waals surface area contributed by atoms with Gasteiger partial charge in [0.15, 0.2) is 0 Å². The van der Waals surface area contributed by atoms with Crippen LogP contribution in [0.15, 0.2) is 0 Å². The van der Waals surface area contributed by atoms with Crippen molar-refractivity contribution in [3.8, 4) is 0 Å². The highest BCUT2D eigenvalue weighted by Crippen LogP contribution is 2.26. The third kappa shape index (κ3) is 3.19. The lowest BCUT2D eigenvalue weighted by Crippen LogP contribution is -2.45. The van der Waals surface area contributed by atoms with Gasteiger partial charge in [0.1, 0.15) is 5.60 Å². The molecule has 1 aliphatic heterocycles. The molecule has 1 saturated heterocycles. The first-order valence-corrected chi connectivity index (χ1v) is 6.70. The molecule has 1 atom stereocenters. The van der Waals surface area contributed by atoms with Gasteiger partial charge < -0.3 is 15.2 Å². The molecule has 2 aliphatic rings. The van der Waals surface area contributed by atoms with Crippen molar-refractivity contribution in [2.75, 3.05) is 13.2 Å². The molecule has 4 nitrogen and oxygen atoms in total. The molecular formula is C13H23NO3. The summed E-state index contributed by atoms with van der Waals surface area (Å²) in [7, 11) is 0. The van der Waals surface area contributed by atoms with Gasteiger partial charge >= 0.3 is 0 Å². The largest absolute Gasteiger partial charge is 0.393 e. The summed E-state index contributed by atoms with van der Waals surface area (Å²) in [6.45, 7) is 3.30. The summed E-state index contributed by atoms with van der Waals surface area (Å²) in [6, 6.07) is 0. The maximum absolute atomic E-state index is 12.0. The molecule has 17 heavy (non-hydrogen) atoms. The van der Waals surface area contributed by atoms with Crippen molar-refractivity contribution in [2.45, 2.75) is 57.2 Å². The van der Waals surface area contributed by atoms with Crippen molar-refractivity contribution in [1.29, 1.82) is 0 Å². The number of ether oxygens (including phenoxy) is 1. The van der Waals surface area contributed by atoms with Crippen LogP contribution in [0.25, 0.3) is 0 Å². The Hall–Kier alpha value is -0.610. The average molecular weight is 241 g/mol. The Morgan fingerprint density at radius 1 is 1.41 bits per heavy atom. The van der Waals surface area contributed by atoms with Gasteiger partial charge in [0, 0.05) is 13.2 Å². The average Bonchev–Trinajstić information content (AvgIpc) is 2.76. The Morgan fingerprint density at radius 3 is 2.71 bits per heavy atom. The van der Waals surface area contributed by atoms with Crippen LogP contribution in [0.4, 0.5) is 0 Å². The molecular weight excluding hydrogens is 218 g/mol. The third-order valence-corrected chi connectivity index (χ3v) is 4.07. The normalized spacial score (nSPS) is 38.0. The van der Waals surface area contributed by atoms with Crippen LogP contribution in [-0.2, 0) is 9.53 Å². The number of carbonyl (C=O) groups is 1. The van der Waals surface area contributed by atoms with Gasteiger partial charge in [-0.3, -0.25) is 4.79 Å². The van der Waals surface area contributed by atoms with Gasteiger partial charge in [-0.1, -0.05) is 0 Å². The molecule has 98 valence electrons. The molecule has 1 saturated carbocycles. The monoisotopic (exact) mass is 241 g/mol. The van der Waals surface area contributed by atoms with E-state index in [-0.39, 0.29) is 12.0 Å². The van der Waals surface area contributed by atoms with Crippen LogP contribution in [0.5, 0.6) is 0 Å². The molecule has 1 unspecified atom stereocenters. The fourth-order valence-corrected chi connectivity index (χ4v) is 2.73. The molecule has 0 aromatic rings. The van der Waals surface area contributed by atoms with Gasteiger partial charge in [-0.15, -0.1) is 0 Å². The zero-order valence-electron chi connectivity index (χ0n) is 10.6. The molecule has 0 bridgehead atoms. The van der Waals surface area contributed by atoms with E-state index in [1.807, 2.05) is 6.92 Å². The molecule has 4 heteroatoms. The number of rotatable bonds is 3. The molecule has 1 heterocycles. The van der Waals surface area contributed by atoms with E-state index in [1.165, 1.54) is 0 Å². The number of aliphatic hydroxyl groups is 1. The van der Waals surface area contributed by atoms with Crippen LogP contribution in [0.2, 0.25) is 0 Å². The van der Waals surface area contributed by atoms with Gasteiger partial charge in [0.25, 0.3) is 5.91 Å². The summed E-state index contributed by atoms with van der Waals surface area (Å²) < 4.78 is 5.51. The van der Waals surface area contributed by atoms with E-state index in [4.69, 9.17) is 4.74 Å². The molecule has 2 fully saturated rings. The smallest absolute Gasteiger partial charge is 0.251 e. The van der Waals surface area contributed by atoms with Crippen molar-refractivity contribution in [2.24, 2.45) is 5.92 Å². The first-order valence-electron chi connectivity index (χ1n) is 6.70. The molecule has 0 radical (unpaired) electrons. The maximum atomic E-state index is 12.0. The minimum absolute atomic E-state index is 0.0288. The Morgan fingerprint density at radius 2 is 2.12 bits per heavy atom. The van der Waals surface area contributed by atoms with Crippen LogP contribution in [0.1, 0.15) is 45.4 Å². The zero-order chi connectivity index (χ0) is 12.3. The van der Waals surface area contributed by atoms with E-state index in [9.17, 15) is 9.90 Å². The second-order valence-corrected chi connectivity index (χ2v) is 5.57. The standard InChI is InChI=1S/C13H23NO3/c1-13(7-2-8-17-13)12(16)14-9-10-3-5-11(15)6-4-10/h10-11,15H,2-9H2,1H3,(H,14,16). The van der Waals surface area contributed by atoms with Crippen LogP contribution in [0, 0.1) is 5.92 Å².